The Morgan fingerprint density at radius 2 is 1.80 bits per heavy atom. The molecule has 0 aliphatic heterocycles. The first-order valence-corrected chi connectivity index (χ1v) is 12.6. The molecule has 1 unspecified atom stereocenters. The molecule has 9 heteroatoms. The fourth-order valence-electron chi connectivity index (χ4n) is 4.06. The molecule has 35 heavy (non-hydrogen) atoms. The summed E-state index contributed by atoms with van der Waals surface area (Å²) in [6.45, 7) is 3.80. The lowest BCUT2D eigenvalue weighted by atomic mass is 9.98. The van der Waals surface area contributed by atoms with Crippen LogP contribution in [0.5, 0.6) is 5.75 Å². The van der Waals surface area contributed by atoms with Crippen LogP contribution in [0.15, 0.2) is 24.3 Å². The maximum absolute atomic E-state index is 13.1. The van der Waals surface area contributed by atoms with Crippen LogP contribution in [0, 0.1) is 0 Å². The summed E-state index contributed by atoms with van der Waals surface area (Å²) in [5, 5.41) is 9.22. The highest BCUT2D eigenvalue weighted by Gasteiger charge is 2.24. The Bertz CT molecular complexity index is 762. The number of halogens is 2. The standard InChI is InChI=1S/C26H39F2NO6/c1-3-33-23(24(30)31)19-20-11-13-21(14-12-20)34-18-17-29(16-8-7-15-26(2,27)28)25(32)35-22-9-5-4-6-10-22/h11-14,22-23H,3-10,15-19H2,1-2H3,(H,30,31). The van der Waals surface area contributed by atoms with Crippen LogP contribution in [0.2, 0.25) is 0 Å². The van der Waals surface area contributed by atoms with Gasteiger partial charge in [0.2, 0.25) is 5.92 Å². The van der Waals surface area contributed by atoms with Crippen molar-refractivity contribution in [3.8, 4) is 5.75 Å². The second-order valence-electron chi connectivity index (χ2n) is 9.14. The van der Waals surface area contributed by atoms with E-state index in [1.807, 2.05) is 0 Å². The van der Waals surface area contributed by atoms with Crippen molar-refractivity contribution in [2.45, 2.75) is 89.8 Å². The predicted molar refractivity (Wildman–Crippen MR) is 128 cm³/mol. The largest absolute Gasteiger partial charge is 0.492 e. The molecule has 2 rings (SSSR count). The van der Waals surface area contributed by atoms with Crippen LogP contribution >= 0.6 is 0 Å². The molecule has 7 nitrogen and oxygen atoms in total. The first-order chi connectivity index (χ1) is 16.7. The molecule has 1 saturated carbocycles. The first-order valence-electron chi connectivity index (χ1n) is 12.6. The number of carboxylic acids is 1. The van der Waals surface area contributed by atoms with Gasteiger partial charge in [0.05, 0.1) is 6.54 Å². The van der Waals surface area contributed by atoms with Crippen LogP contribution < -0.4 is 4.74 Å². The molecule has 1 atom stereocenters. The summed E-state index contributed by atoms with van der Waals surface area (Å²) >= 11 is 0. The fraction of sp³-hybridized carbons (Fsp3) is 0.692. The van der Waals surface area contributed by atoms with Gasteiger partial charge in [0.25, 0.3) is 0 Å². The average molecular weight is 500 g/mol. The summed E-state index contributed by atoms with van der Waals surface area (Å²) in [6.07, 6.45) is 4.36. The number of hydrogen-bond acceptors (Lipinski definition) is 5. The zero-order valence-electron chi connectivity index (χ0n) is 20.8. The molecule has 1 aliphatic rings. The van der Waals surface area contributed by atoms with E-state index in [-0.39, 0.29) is 32.1 Å². The molecular weight excluding hydrogens is 460 g/mol. The van der Waals surface area contributed by atoms with Gasteiger partial charge in [0.15, 0.2) is 6.10 Å². The quantitative estimate of drug-likeness (QED) is 0.312. The third-order valence-electron chi connectivity index (χ3n) is 5.99. The van der Waals surface area contributed by atoms with Crippen molar-refractivity contribution in [1.82, 2.24) is 4.90 Å². The summed E-state index contributed by atoms with van der Waals surface area (Å²) in [7, 11) is 0. The monoisotopic (exact) mass is 499 g/mol. The molecule has 1 aromatic rings. The molecule has 0 spiro atoms. The van der Waals surface area contributed by atoms with Crippen LogP contribution in [0.3, 0.4) is 0 Å². The molecule has 0 heterocycles. The second kappa shape index (κ2) is 14.9. The van der Waals surface area contributed by atoms with E-state index in [4.69, 9.17) is 14.2 Å². The Hall–Kier alpha value is -2.42. The lowest BCUT2D eigenvalue weighted by molar-refractivity contribution is -0.149. The summed E-state index contributed by atoms with van der Waals surface area (Å²) < 4.78 is 42.9. The van der Waals surface area contributed by atoms with E-state index in [1.165, 1.54) is 4.90 Å². The zero-order chi connectivity index (χ0) is 25.7. The fourth-order valence-corrected chi connectivity index (χ4v) is 4.06. The number of carbonyl (C=O) groups is 2. The number of unbranched alkanes of at least 4 members (excludes halogenated alkanes) is 1. The van der Waals surface area contributed by atoms with E-state index in [0.29, 0.717) is 31.7 Å². The van der Waals surface area contributed by atoms with Crippen LogP contribution in [-0.4, -0.2) is 66.5 Å². The molecule has 198 valence electrons. The van der Waals surface area contributed by atoms with E-state index in [1.54, 1.807) is 31.2 Å². The van der Waals surface area contributed by atoms with Gasteiger partial charge in [0.1, 0.15) is 18.5 Å². The molecule has 1 fully saturated rings. The van der Waals surface area contributed by atoms with Gasteiger partial charge >= 0.3 is 12.1 Å². The third-order valence-corrected chi connectivity index (χ3v) is 5.99. The number of alkyl halides is 2. The van der Waals surface area contributed by atoms with Crippen molar-refractivity contribution in [3.05, 3.63) is 29.8 Å². The number of aliphatic carboxylic acids is 1. The lowest BCUT2D eigenvalue weighted by Gasteiger charge is -2.27. The second-order valence-corrected chi connectivity index (χ2v) is 9.14. The van der Waals surface area contributed by atoms with Crippen LogP contribution in [0.25, 0.3) is 0 Å². The van der Waals surface area contributed by atoms with Crippen LogP contribution in [0.1, 0.15) is 70.8 Å². The van der Waals surface area contributed by atoms with Gasteiger partial charge in [-0.1, -0.05) is 18.6 Å². The van der Waals surface area contributed by atoms with Crippen molar-refractivity contribution in [1.29, 1.82) is 0 Å². The van der Waals surface area contributed by atoms with Crippen LogP contribution in [-0.2, 0) is 20.7 Å². The molecule has 0 saturated heterocycles. The zero-order valence-corrected chi connectivity index (χ0v) is 20.8. The van der Waals surface area contributed by atoms with Crippen molar-refractivity contribution in [3.63, 3.8) is 0 Å². The number of amides is 1. The van der Waals surface area contributed by atoms with Crippen molar-refractivity contribution < 1.29 is 37.7 Å². The highest BCUT2D eigenvalue weighted by atomic mass is 19.3. The average Bonchev–Trinajstić information content (AvgIpc) is 2.81. The topological polar surface area (TPSA) is 85.3 Å². The number of carboxylic acid groups (broad SMARTS) is 1. The molecule has 1 N–H and O–H groups in total. The Balaban J connectivity index is 1.86. The highest BCUT2D eigenvalue weighted by molar-refractivity contribution is 5.72. The molecule has 1 aliphatic carbocycles. The van der Waals surface area contributed by atoms with E-state index >= 15 is 0 Å². The van der Waals surface area contributed by atoms with Gasteiger partial charge in [-0.05, 0) is 70.1 Å². The highest BCUT2D eigenvalue weighted by Crippen LogP contribution is 2.22. The number of hydrogen-bond donors (Lipinski definition) is 1. The minimum absolute atomic E-state index is 0.0847. The summed E-state index contributed by atoms with van der Waals surface area (Å²) in [6, 6.07) is 7.05. The van der Waals surface area contributed by atoms with E-state index < -0.39 is 24.1 Å². The smallest absolute Gasteiger partial charge is 0.410 e. The minimum atomic E-state index is -2.71. The van der Waals surface area contributed by atoms with Crippen molar-refractivity contribution in [2.75, 3.05) is 26.3 Å². The molecule has 0 aromatic heterocycles. The van der Waals surface area contributed by atoms with Crippen molar-refractivity contribution in [2.24, 2.45) is 0 Å². The van der Waals surface area contributed by atoms with E-state index in [2.05, 4.69) is 0 Å². The molecule has 0 radical (unpaired) electrons. The molecular formula is C26H39F2NO6. The normalized spacial score (nSPS) is 15.4. The Kier molecular flexibility index (Phi) is 12.2. The predicted octanol–water partition coefficient (Wildman–Crippen LogP) is 5.69. The van der Waals surface area contributed by atoms with E-state index in [0.717, 1.165) is 44.6 Å². The van der Waals surface area contributed by atoms with Gasteiger partial charge in [-0.2, -0.15) is 0 Å². The van der Waals surface area contributed by atoms with E-state index in [9.17, 15) is 23.5 Å². The van der Waals surface area contributed by atoms with Crippen LogP contribution in [0.4, 0.5) is 13.6 Å². The maximum Gasteiger partial charge on any atom is 0.410 e. The SMILES string of the molecule is CCOC(Cc1ccc(OCCN(CCCCC(C)(F)F)C(=O)OC2CCCCC2)cc1)C(=O)O. The number of rotatable bonds is 15. The number of benzene rings is 1. The lowest BCUT2D eigenvalue weighted by Crippen LogP contribution is -2.38. The Morgan fingerprint density at radius 1 is 1.11 bits per heavy atom. The Morgan fingerprint density at radius 3 is 2.40 bits per heavy atom. The number of nitrogens with zero attached hydrogens (tertiary/aromatic N) is 1. The van der Waals surface area contributed by atoms with Gasteiger partial charge in [-0.25, -0.2) is 18.4 Å². The summed E-state index contributed by atoms with van der Waals surface area (Å²) in [5.41, 5.74) is 0.809. The van der Waals surface area contributed by atoms with Crippen molar-refractivity contribution >= 4 is 12.1 Å². The van der Waals surface area contributed by atoms with Gasteiger partial charge in [-0.3, -0.25) is 0 Å². The number of carbonyl (C=O) groups excluding carboxylic acids is 1. The van der Waals surface area contributed by atoms with Gasteiger partial charge < -0.3 is 24.2 Å². The first kappa shape index (κ1) is 28.8. The van der Waals surface area contributed by atoms with Gasteiger partial charge in [0, 0.05) is 26.0 Å². The number of ether oxygens (including phenoxy) is 3. The summed E-state index contributed by atoms with van der Waals surface area (Å²) in [4.78, 5) is 25.5. The summed E-state index contributed by atoms with van der Waals surface area (Å²) in [5.74, 6) is -3.13. The minimum Gasteiger partial charge on any atom is -0.492 e. The maximum atomic E-state index is 13.1. The molecule has 0 bridgehead atoms. The Labute approximate surface area is 206 Å². The molecule has 1 aromatic carbocycles. The molecule has 1 amide bonds. The van der Waals surface area contributed by atoms with Gasteiger partial charge in [-0.15, -0.1) is 0 Å². The third kappa shape index (κ3) is 11.7.